The molecule has 0 spiro atoms. The molecule has 0 amide bonds. The van der Waals surface area contributed by atoms with Crippen molar-refractivity contribution in [2.75, 3.05) is 0 Å². The zero-order valence-corrected chi connectivity index (χ0v) is 11.8. The maximum atomic E-state index is 2.49. The third-order valence-corrected chi connectivity index (χ3v) is 4.51. The van der Waals surface area contributed by atoms with Crippen molar-refractivity contribution in [3.05, 3.63) is 35.9 Å². The van der Waals surface area contributed by atoms with Crippen molar-refractivity contribution in [3.8, 4) is 0 Å². The molecule has 0 heterocycles. The lowest BCUT2D eigenvalue weighted by atomic mass is 9.69. The fourth-order valence-corrected chi connectivity index (χ4v) is 3.86. The van der Waals surface area contributed by atoms with Crippen LogP contribution in [0, 0.1) is 11.3 Å². The summed E-state index contributed by atoms with van der Waals surface area (Å²) in [4.78, 5) is 0. The van der Waals surface area contributed by atoms with Gasteiger partial charge < -0.3 is 0 Å². The van der Waals surface area contributed by atoms with Crippen LogP contribution in [0.5, 0.6) is 0 Å². The van der Waals surface area contributed by atoms with Gasteiger partial charge in [0.1, 0.15) is 0 Å². The second-order valence-corrected chi connectivity index (χ2v) is 7.09. The van der Waals surface area contributed by atoms with E-state index in [-0.39, 0.29) is 0 Å². The predicted molar refractivity (Wildman–Crippen MR) is 75.2 cm³/mol. The van der Waals surface area contributed by atoms with Crippen molar-refractivity contribution in [1.29, 1.82) is 0 Å². The van der Waals surface area contributed by atoms with E-state index in [1.54, 1.807) is 0 Å². The molecule has 1 fully saturated rings. The third kappa shape index (κ3) is 2.91. The minimum absolute atomic E-state index is 0.306. The molecule has 94 valence electrons. The number of hydrogen-bond acceptors (Lipinski definition) is 0. The Balaban J connectivity index is 2.12. The smallest absolute Gasteiger partial charge is 0.00984 e. The van der Waals surface area contributed by atoms with E-state index in [0.29, 0.717) is 10.8 Å². The zero-order chi connectivity index (χ0) is 12.5. The monoisotopic (exact) mass is 230 g/mol. The van der Waals surface area contributed by atoms with Crippen LogP contribution in [0.2, 0.25) is 0 Å². The Labute approximate surface area is 106 Å². The predicted octanol–water partition coefficient (Wildman–Crippen LogP) is 5.18. The van der Waals surface area contributed by atoms with Gasteiger partial charge in [-0.3, -0.25) is 0 Å². The maximum absolute atomic E-state index is 2.49. The van der Waals surface area contributed by atoms with Crippen molar-refractivity contribution in [1.82, 2.24) is 0 Å². The highest BCUT2D eigenvalue weighted by molar-refractivity contribution is 5.24. The van der Waals surface area contributed by atoms with Gasteiger partial charge >= 0.3 is 0 Å². The normalized spacial score (nSPS) is 29.5. The molecule has 1 aromatic rings. The van der Waals surface area contributed by atoms with Crippen molar-refractivity contribution >= 4 is 0 Å². The molecule has 1 aromatic carbocycles. The van der Waals surface area contributed by atoms with Gasteiger partial charge in [-0.2, -0.15) is 0 Å². The number of benzene rings is 1. The summed E-state index contributed by atoms with van der Waals surface area (Å²) in [5.74, 6) is 0.923. The minimum atomic E-state index is 0.306. The summed E-state index contributed by atoms with van der Waals surface area (Å²) in [5, 5.41) is 0. The maximum Gasteiger partial charge on any atom is -0.00984 e. The number of hydrogen-bond donors (Lipinski definition) is 0. The van der Waals surface area contributed by atoms with E-state index in [1.165, 1.54) is 31.2 Å². The highest BCUT2D eigenvalue weighted by atomic mass is 14.4. The average molecular weight is 230 g/mol. The van der Waals surface area contributed by atoms with E-state index in [9.17, 15) is 0 Å². The summed E-state index contributed by atoms with van der Waals surface area (Å²) in [7, 11) is 0. The first-order chi connectivity index (χ1) is 7.91. The topological polar surface area (TPSA) is 0 Å². The lowest BCUT2D eigenvalue weighted by Crippen LogP contribution is -2.27. The van der Waals surface area contributed by atoms with E-state index >= 15 is 0 Å². The van der Waals surface area contributed by atoms with Gasteiger partial charge in [0.15, 0.2) is 0 Å². The molecule has 1 saturated carbocycles. The summed E-state index contributed by atoms with van der Waals surface area (Å²) in [6.45, 7) is 9.69. The molecule has 2 rings (SSSR count). The summed E-state index contributed by atoms with van der Waals surface area (Å²) in [5.41, 5.74) is 2.35. The third-order valence-electron chi connectivity index (χ3n) is 4.51. The highest BCUT2D eigenvalue weighted by Gasteiger charge is 2.38. The van der Waals surface area contributed by atoms with Crippen molar-refractivity contribution < 1.29 is 0 Å². The molecule has 0 aromatic heterocycles. The van der Waals surface area contributed by atoms with Crippen LogP contribution in [-0.2, 0) is 5.41 Å². The van der Waals surface area contributed by atoms with E-state index in [0.717, 1.165) is 5.92 Å². The lowest BCUT2D eigenvalue weighted by Gasteiger charge is -2.35. The van der Waals surface area contributed by atoms with Crippen LogP contribution in [0.25, 0.3) is 0 Å². The second-order valence-electron chi connectivity index (χ2n) is 7.09. The standard InChI is InChI=1S/C17H26/c1-14-10-11-17(4,12-14)13-16(2,3)15-8-6-5-7-9-15/h5-9,14H,10-13H2,1-4H3. The molecule has 0 bridgehead atoms. The van der Waals surface area contributed by atoms with Crippen LogP contribution >= 0.6 is 0 Å². The van der Waals surface area contributed by atoms with E-state index in [1.807, 2.05) is 0 Å². The van der Waals surface area contributed by atoms with Crippen LogP contribution in [0.3, 0.4) is 0 Å². The second kappa shape index (κ2) is 4.48. The molecule has 0 nitrogen and oxygen atoms in total. The first-order valence-corrected chi connectivity index (χ1v) is 6.97. The Kier molecular flexibility index (Phi) is 3.34. The Morgan fingerprint density at radius 3 is 2.41 bits per heavy atom. The minimum Gasteiger partial charge on any atom is -0.0625 e. The lowest BCUT2D eigenvalue weighted by molar-refractivity contribution is 0.231. The molecule has 0 N–H and O–H groups in total. The quantitative estimate of drug-likeness (QED) is 0.671. The first-order valence-electron chi connectivity index (χ1n) is 6.97. The molecule has 0 radical (unpaired) electrons. The fraction of sp³-hybridized carbons (Fsp3) is 0.647. The molecule has 0 saturated heterocycles. The SMILES string of the molecule is CC1CCC(C)(CC(C)(C)c2ccccc2)C1. The Morgan fingerprint density at radius 1 is 1.24 bits per heavy atom. The van der Waals surface area contributed by atoms with Gasteiger partial charge in [0.2, 0.25) is 0 Å². The Morgan fingerprint density at radius 2 is 1.88 bits per heavy atom. The molecule has 0 heteroatoms. The van der Waals surface area contributed by atoms with Crippen LogP contribution in [0.15, 0.2) is 30.3 Å². The van der Waals surface area contributed by atoms with Crippen LogP contribution in [0.4, 0.5) is 0 Å². The van der Waals surface area contributed by atoms with Gasteiger partial charge in [-0.05, 0) is 41.6 Å². The zero-order valence-electron chi connectivity index (χ0n) is 11.8. The molecule has 2 atom stereocenters. The van der Waals surface area contributed by atoms with Gasteiger partial charge in [0, 0.05) is 0 Å². The van der Waals surface area contributed by atoms with Gasteiger partial charge in [-0.15, -0.1) is 0 Å². The van der Waals surface area contributed by atoms with E-state index in [2.05, 4.69) is 58.0 Å². The molecule has 2 unspecified atom stereocenters. The first kappa shape index (κ1) is 12.7. The summed E-state index contributed by atoms with van der Waals surface area (Å²) >= 11 is 0. The van der Waals surface area contributed by atoms with E-state index < -0.39 is 0 Å². The van der Waals surface area contributed by atoms with Crippen LogP contribution < -0.4 is 0 Å². The fourth-order valence-electron chi connectivity index (χ4n) is 3.86. The molecular formula is C17H26. The number of rotatable bonds is 3. The molecule has 1 aliphatic carbocycles. The summed E-state index contributed by atoms with van der Waals surface area (Å²) in [6.07, 6.45) is 5.55. The molecule has 17 heavy (non-hydrogen) atoms. The van der Waals surface area contributed by atoms with Crippen molar-refractivity contribution in [3.63, 3.8) is 0 Å². The van der Waals surface area contributed by atoms with Crippen molar-refractivity contribution in [2.24, 2.45) is 11.3 Å². The summed E-state index contributed by atoms with van der Waals surface area (Å²) in [6, 6.07) is 11.0. The molecular weight excluding hydrogens is 204 g/mol. The van der Waals surface area contributed by atoms with Gasteiger partial charge in [-0.1, -0.05) is 64.4 Å². The van der Waals surface area contributed by atoms with Crippen LogP contribution in [0.1, 0.15) is 58.9 Å². The molecule has 1 aliphatic rings. The Hall–Kier alpha value is -0.780. The highest BCUT2D eigenvalue weighted by Crippen LogP contribution is 2.48. The van der Waals surface area contributed by atoms with Gasteiger partial charge in [0.05, 0.1) is 0 Å². The van der Waals surface area contributed by atoms with Crippen molar-refractivity contribution in [2.45, 2.75) is 58.8 Å². The Bertz CT molecular complexity index is 363. The van der Waals surface area contributed by atoms with Gasteiger partial charge in [-0.25, -0.2) is 0 Å². The largest absolute Gasteiger partial charge is 0.0625 e. The van der Waals surface area contributed by atoms with Crippen LogP contribution in [-0.4, -0.2) is 0 Å². The summed E-state index contributed by atoms with van der Waals surface area (Å²) < 4.78 is 0. The molecule has 0 aliphatic heterocycles. The van der Waals surface area contributed by atoms with Gasteiger partial charge in [0.25, 0.3) is 0 Å². The van der Waals surface area contributed by atoms with E-state index in [4.69, 9.17) is 0 Å². The average Bonchev–Trinajstić information content (AvgIpc) is 2.58.